The molecule has 46 heavy (non-hydrogen) atoms. The summed E-state index contributed by atoms with van der Waals surface area (Å²) in [6, 6.07) is 14.2. The van der Waals surface area contributed by atoms with Crippen LogP contribution in [-0.2, 0) is 28.6 Å². The van der Waals surface area contributed by atoms with Crippen LogP contribution in [0.15, 0.2) is 48.5 Å². The largest absolute Gasteiger partial charge is 0.467 e. The quantitative estimate of drug-likeness (QED) is 0.136. The van der Waals surface area contributed by atoms with Crippen molar-refractivity contribution in [1.82, 2.24) is 16.0 Å². The molecule has 3 amide bonds. The molecule has 0 spiro atoms. The zero-order valence-corrected chi connectivity index (χ0v) is 27.6. The van der Waals surface area contributed by atoms with Gasteiger partial charge in [0, 0.05) is 25.3 Å². The molecule has 1 aliphatic rings. The minimum absolute atomic E-state index is 0.0775. The summed E-state index contributed by atoms with van der Waals surface area (Å²) < 4.78 is 15.7. The normalized spacial score (nSPS) is 13.5. The molecule has 0 saturated heterocycles. The fourth-order valence-electron chi connectivity index (χ4n) is 5.41. The number of hydrogen-bond acceptors (Lipinski definition) is 8. The SMILES string of the molecule is COC(=O)[C@H](CC(C)C)NC(=O)CCC(=O)[C@H](CCCNC(=O)OC(C)(C)C)NC(=O)OCC1c2ccccc2-c2ccccc21. The van der Waals surface area contributed by atoms with Crippen molar-refractivity contribution < 1.29 is 38.2 Å². The van der Waals surface area contributed by atoms with Crippen LogP contribution in [0.1, 0.15) is 83.8 Å². The van der Waals surface area contributed by atoms with Crippen molar-refractivity contribution in [1.29, 1.82) is 0 Å². The van der Waals surface area contributed by atoms with Gasteiger partial charge in [-0.1, -0.05) is 62.4 Å². The molecule has 1 aliphatic carbocycles. The number of benzene rings is 2. The Labute approximate surface area is 271 Å². The minimum atomic E-state index is -0.962. The predicted molar refractivity (Wildman–Crippen MR) is 173 cm³/mol. The van der Waals surface area contributed by atoms with Crippen molar-refractivity contribution in [2.24, 2.45) is 5.92 Å². The number of amides is 3. The van der Waals surface area contributed by atoms with E-state index in [-0.39, 0.29) is 50.0 Å². The molecule has 0 bridgehead atoms. The standard InChI is InChI=1S/C35H47N3O8/c1-22(2)20-29(32(41)44-6)37-31(40)18-17-30(39)28(16-11-19-36-33(42)46-35(3,4)5)38-34(43)45-21-27-25-14-9-7-12-23(25)24-13-8-10-15-26(24)27/h7-10,12-15,22,27-29H,11,16-21H2,1-6H3,(H,36,42)(H,37,40)(H,38,43)/t28-,29-/m0/s1. The van der Waals surface area contributed by atoms with E-state index in [1.165, 1.54) is 7.11 Å². The highest BCUT2D eigenvalue weighted by Gasteiger charge is 2.30. The molecule has 11 nitrogen and oxygen atoms in total. The first-order valence-corrected chi connectivity index (χ1v) is 15.8. The third kappa shape index (κ3) is 10.9. The van der Waals surface area contributed by atoms with Gasteiger partial charge < -0.3 is 30.2 Å². The van der Waals surface area contributed by atoms with E-state index in [0.717, 1.165) is 22.3 Å². The highest BCUT2D eigenvalue weighted by Crippen LogP contribution is 2.44. The number of rotatable bonds is 15. The van der Waals surface area contributed by atoms with Crippen LogP contribution in [0.4, 0.5) is 9.59 Å². The van der Waals surface area contributed by atoms with E-state index in [1.54, 1.807) is 20.8 Å². The Balaban J connectivity index is 1.61. The van der Waals surface area contributed by atoms with Gasteiger partial charge in [0.25, 0.3) is 0 Å². The molecular formula is C35H47N3O8. The minimum Gasteiger partial charge on any atom is -0.467 e. The summed E-state index contributed by atoms with van der Waals surface area (Å²) in [7, 11) is 1.25. The maximum atomic E-state index is 13.3. The number of esters is 1. The van der Waals surface area contributed by atoms with E-state index in [0.29, 0.717) is 12.8 Å². The molecule has 0 radical (unpaired) electrons. The van der Waals surface area contributed by atoms with Crippen molar-refractivity contribution in [2.45, 2.75) is 90.3 Å². The summed E-state index contributed by atoms with van der Waals surface area (Å²) in [4.78, 5) is 63.1. The van der Waals surface area contributed by atoms with Gasteiger partial charge in [-0.15, -0.1) is 0 Å². The lowest BCUT2D eigenvalue weighted by atomic mass is 9.98. The summed E-state index contributed by atoms with van der Waals surface area (Å²) in [6.07, 6.45) is -0.754. The number of Topliss-reactive ketones (excluding diaryl/α,β-unsaturated/α-hetero) is 1. The summed E-state index contributed by atoms with van der Waals surface area (Å²) in [5, 5.41) is 7.97. The van der Waals surface area contributed by atoms with Crippen LogP contribution in [-0.4, -0.2) is 67.8 Å². The first-order chi connectivity index (χ1) is 21.8. The molecule has 2 aromatic rings. The van der Waals surface area contributed by atoms with Crippen molar-refractivity contribution in [3.05, 3.63) is 59.7 Å². The van der Waals surface area contributed by atoms with Crippen molar-refractivity contribution >= 4 is 29.8 Å². The average Bonchev–Trinajstić information content (AvgIpc) is 3.32. The summed E-state index contributed by atoms with van der Waals surface area (Å²) in [6.45, 7) is 9.39. The summed E-state index contributed by atoms with van der Waals surface area (Å²) >= 11 is 0. The van der Waals surface area contributed by atoms with Crippen LogP contribution < -0.4 is 16.0 Å². The zero-order valence-electron chi connectivity index (χ0n) is 27.6. The second-order valence-electron chi connectivity index (χ2n) is 12.8. The van der Waals surface area contributed by atoms with Gasteiger partial charge in [0.2, 0.25) is 5.91 Å². The number of ether oxygens (including phenoxy) is 3. The van der Waals surface area contributed by atoms with Gasteiger partial charge in [0.1, 0.15) is 18.2 Å². The topological polar surface area (TPSA) is 149 Å². The van der Waals surface area contributed by atoms with E-state index in [2.05, 4.69) is 16.0 Å². The van der Waals surface area contributed by atoms with E-state index < -0.39 is 41.7 Å². The molecule has 2 atom stereocenters. The lowest BCUT2D eigenvalue weighted by Gasteiger charge is -2.21. The van der Waals surface area contributed by atoms with Crippen molar-refractivity contribution in [2.75, 3.05) is 20.3 Å². The zero-order chi connectivity index (χ0) is 33.9. The first-order valence-electron chi connectivity index (χ1n) is 15.8. The van der Waals surface area contributed by atoms with Crippen LogP contribution in [0, 0.1) is 5.92 Å². The first kappa shape index (κ1) is 36.1. The number of fused-ring (bicyclic) bond motifs is 3. The molecule has 0 fully saturated rings. The number of nitrogens with one attached hydrogen (secondary N) is 3. The van der Waals surface area contributed by atoms with Crippen molar-refractivity contribution in [3.8, 4) is 11.1 Å². The average molecular weight is 638 g/mol. The fraction of sp³-hybridized carbons (Fsp3) is 0.514. The maximum Gasteiger partial charge on any atom is 0.407 e. The molecule has 0 aliphatic heterocycles. The highest BCUT2D eigenvalue weighted by molar-refractivity contribution is 5.91. The second-order valence-corrected chi connectivity index (χ2v) is 12.8. The Morgan fingerprint density at radius 1 is 0.826 bits per heavy atom. The number of methoxy groups -OCH3 is 1. The smallest absolute Gasteiger partial charge is 0.407 e. The second kappa shape index (κ2) is 16.8. The van der Waals surface area contributed by atoms with Gasteiger partial charge in [0.15, 0.2) is 5.78 Å². The Morgan fingerprint density at radius 3 is 2.00 bits per heavy atom. The highest BCUT2D eigenvalue weighted by atomic mass is 16.6. The molecular weight excluding hydrogens is 590 g/mol. The maximum absolute atomic E-state index is 13.3. The molecule has 0 heterocycles. The number of carbonyl (C=O) groups excluding carboxylic acids is 5. The monoisotopic (exact) mass is 637 g/mol. The van der Waals surface area contributed by atoms with E-state index in [4.69, 9.17) is 14.2 Å². The predicted octanol–water partition coefficient (Wildman–Crippen LogP) is 5.25. The Bertz CT molecular complexity index is 1340. The van der Waals surface area contributed by atoms with E-state index in [1.807, 2.05) is 62.4 Å². The van der Waals surface area contributed by atoms with Crippen molar-refractivity contribution in [3.63, 3.8) is 0 Å². The van der Waals surface area contributed by atoms with Gasteiger partial charge in [0.05, 0.1) is 13.2 Å². The van der Waals surface area contributed by atoms with E-state index in [9.17, 15) is 24.0 Å². The Morgan fingerprint density at radius 2 is 1.43 bits per heavy atom. The molecule has 0 unspecified atom stereocenters. The molecule has 3 rings (SSSR count). The van der Waals surface area contributed by atoms with Gasteiger partial charge in [-0.05, 0) is 68.2 Å². The Hall–Kier alpha value is -4.41. The van der Waals surface area contributed by atoms with Crippen LogP contribution in [0.3, 0.4) is 0 Å². The molecule has 250 valence electrons. The third-order valence-electron chi connectivity index (χ3n) is 7.49. The van der Waals surface area contributed by atoms with Crippen LogP contribution in [0.2, 0.25) is 0 Å². The molecule has 0 aromatic heterocycles. The fourth-order valence-corrected chi connectivity index (χ4v) is 5.41. The summed E-state index contributed by atoms with van der Waals surface area (Å²) in [5.41, 5.74) is 3.66. The molecule has 11 heteroatoms. The third-order valence-corrected chi connectivity index (χ3v) is 7.49. The van der Waals surface area contributed by atoms with Gasteiger partial charge in [-0.25, -0.2) is 14.4 Å². The number of ketones is 1. The summed E-state index contributed by atoms with van der Waals surface area (Å²) in [5.74, 6) is -1.43. The lowest BCUT2D eigenvalue weighted by molar-refractivity contribution is -0.145. The molecule has 2 aromatic carbocycles. The van der Waals surface area contributed by atoms with Gasteiger partial charge >= 0.3 is 18.2 Å². The molecule has 3 N–H and O–H groups in total. The number of hydrogen-bond donors (Lipinski definition) is 3. The van der Waals surface area contributed by atoms with E-state index >= 15 is 0 Å². The number of carbonyl (C=O) groups is 5. The Kier molecular flexibility index (Phi) is 13.1. The number of alkyl carbamates (subject to hydrolysis) is 2. The molecule has 0 saturated carbocycles. The van der Waals surface area contributed by atoms with Crippen LogP contribution in [0.5, 0.6) is 0 Å². The van der Waals surface area contributed by atoms with Gasteiger partial charge in [-0.3, -0.25) is 9.59 Å². The van der Waals surface area contributed by atoms with Gasteiger partial charge in [-0.2, -0.15) is 0 Å². The van der Waals surface area contributed by atoms with Crippen LogP contribution >= 0.6 is 0 Å². The van der Waals surface area contributed by atoms with Crippen LogP contribution in [0.25, 0.3) is 11.1 Å². The lowest BCUT2D eigenvalue weighted by Crippen LogP contribution is -2.44.